The molecule has 2 aromatic rings. The monoisotopic (exact) mass is 401 g/mol. The van der Waals surface area contributed by atoms with Crippen LogP contribution in [0.2, 0.25) is 0 Å². The van der Waals surface area contributed by atoms with Gasteiger partial charge in [0.2, 0.25) is 10.0 Å². The summed E-state index contributed by atoms with van der Waals surface area (Å²) >= 11 is 0. The zero-order chi connectivity index (χ0) is 20.3. The Morgan fingerprint density at radius 2 is 1.71 bits per heavy atom. The highest BCUT2D eigenvalue weighted by atomic mass is 32.2. The molecule has 0 atom stereocenters. The fourth-order valence-electron chi connectivity index (χ4n) is 2.63. The van der Waals surface area contributed by atoms with Crippen LogP contribution in [0.1, 0.15) is 33.6 Å². The summed E-state index contributed by atoms with van der Waals surface area (Å²) in [4.78, 5) is 26.1. The molecule has 3 rings (SSSR count). The van der Waals surface area contributed by atoms with Gasteiger partial charge in [0.15, 0.2) is 0 Å². The van der Waals surface area contributed by atoms with Crippen LogP contribution in [0.4, 0.5) is 5.69 Å². The molecule has 1 saturated carbocycles. The third-order valence-corrected chi connectivity index (χ3v) is 5.86. The second-order valence-corrected chi connectivity index (χ2v) is 8.82. The summed E-state index contributed by atoms with van der Waals surface area (Å²) < 4.78 is 27.4. The number of hydrogen-bond acceptors (Lipinski definition) is 4. The van der Waals surface area contributed by atoms with Gasteiger partial charge in [-0.1, -0.05) is 12.1 Å². The minimum Gasteiger partial charge on any atom is -0.345 e. The Hall–Kier alpha value is -2.71. The maximum absolute atomic E-state index is 12.6. The number of rotatable bonds is 7. The molecule has 0 aromatic heterocycles. The Bertz CT molecular complexity index is 998. The topological polar surface area (TPSA) is 95.6 Å². The largest absolute Gasteiger partial charge is 0.345 e. The van der Waals surface area contributed by atoms with Gasteiger partial charge < -0.3 is 10.2 Å². The molecule has 8 heteroatoms. The first kappa shape index (κ1) is 20.0. The van der Waals surface area contributed by atoms with E-state index in [0.717, 1.165) is 12.8 Å². The number of sulfonamides is 1. The van der Waals surface area contributed by atoms with Gasteiger partial charge in [-0.2, -0.15) is 0 Å². The molecule has 2 N–H and O–H groups in total. The zero-order valence-electron chi connectivity index (χ0n) is 15.8. The lowest BCUT2D eigenvalue weighted by Crippen LogP contribution is -2.26. The molecule has 7 nitrogen and oxygen atoms in total. The summed E-state index contributed by atoms with van der Waals surface area (Å²) in [5, 5.41) is 2.71. The van der Waals surface area contributed by atoms with E-state index >= 15 is 0 Å². The first-order chi connectivity index (χ1) is 13.3. The Labute approximate surface area is 164 Å². The van der Waals surface area contributed by atoms with Crippen molar-refractivity contribution in [3.05, 3.63) is 59.7 Å². The second kappa shape index (κ2) is 8.12. The molecule has 2 aromatic carbocycles. The molecular formula is C20H23N3O4S. The van der Waals surface area contributed by atoms with Crippen molar-refractivity contribution in [2.24, 2.45) is 5.92 Å². The van der Waals surface area contributed by atoms with E-state index in [1.807, 2.05) is 0 Å². The van der Waals surface area contributed by atoms with Crippen molar-refractivity contribution >= 4 is 27.5 Å². The summed E-state index contributed by atoms with van der Waals surface area (Å²) in [5.74, 6) is -0.210. The van der Waals surface area contributed by atoms with Gasteiger partial charge in [0.05, 0.1) is 4.90 Å². The fourth-order valence-corrected chi connectivity index (χ4v) is 3.79. The molecular weight excluding hydrogens is 378 g/mol. The van der Waals surface area contributed by atoms with Gasteiger partial charge in [-0.05, 0) is 55.2 Å². The quantitative estimate of drug-likeness (QED) is 0.744. The predicted molar refractivity (Wildman–Crippen MR) is 107 cm³/mol. The van der Waals surface area contributed by atoms with Crippen LogP contribution in [0.5, 0.6) is 0 Å². The highest BCUT2D eigenvalue weighted by Gasteiger charge is 2.24. The molecule has 0 unspecified atom stereocenters. The number of carbonyl (C=O) groups excluding carboxylic acids is 2. The lowest BCUT2D eigenvalue weighted by molar-refractivity contribution is 0.0827. The molecule has 0 saturated heterocycles. The highest BCUT2D eigenvalue weighted by Crippen LogP contribution is 2.28. The average molecular weight is 401 g/mol. The Morgan fingerprint density at radius 3 is 2.39 bits per heavy atom. The van der Waals surface area contributed by atoms with Gasteiger partial charge in [0, 0.05) is 37.5 Å². The van der Waals surface area contributed by atoms with Gasteiger partial charge in [-0.25, -0.2) is 13.1 Å². The predicted octanol–water partition coefficient (Wildman–Crippen LogP) is 2.33. The van der Waals surface area contributed by atoms with Crippen LogP contribution in [0.25, 0.3) is 0 Å². The molecule has 0 spiro atoms. The molecule has 0 radical (unpaired) electrons. The van der Waals surface area contributed by atoms with E-state index in [1.165, 1.54) is 23.1 Å². The number of hydrogen-bond donors (Lipinski definition) is 2. The smallest absolute Gasteiger partial charge is 0.255 e. The SMILES string of the molecule is CN(C)C(=O)c1cccc(NC(=O)c2cccc(S(=O)(=O)NCC3CC3)c2)c1. The van der Waals surface area contributed by atoms with Gasteiger partial charge in [0.1, 0.15) is 0 Å². The van der Waals surface area contributed by atoms with Crippen molar-refractivity contribution in [3.8, 4) is 0 Å². The van der Waals surface area contributed by atoms with Crippen LogP contribution in [0.15, 0.2) is 53.4 Å². The van der Waals surface area contributed by atoms with Gasteiger partial charge in [0.25, 0.3) is 11.8 Å². The van der Waals surface area contributed by atoms with Crippen molar-refractivity contribution in [1.29, 1.82) is 0 Å². The first-order valence-corrected chi connectivity index (χ1v) is 10.5. The Balaban J connectivity index is 1.74. The van der Waals surface area contributed by atoms with Gasteiger partial charge >= 0.3 is 0 Å². The lowest BCUT2D eigenvalue weighted by atomic mass is 10.1. The van der Waals surface area contributed by atoms with Crippen LogP contribution < -0.4 is 10.0 Å². The van der Waals surface area contributed by atoms with Crippen molar-refractivity contribution < 1.29 is 18.0 Å². The Morgan fingerprint density at radius 1 is 1.04 bits per heavy atom. The molecule has 1 aliphatic carbocycles. The maximum Gasteiger partial charge on any atom is 0.255 e. The number of anilines is 1. The van der Waals surface area contributed by atoms with Crippen LogP contribution in [0.3, 0.4) is 0 Å². The molecule has 2 amide bonds. The summed E-state index contributed by atoms with van der Waals surface area (Å²) in [6.07, 6.45) is 2.08. The van der Waals surface area contributed by atoms with E-state index in [9.17, 15) is 18.0 Å². The number of carbonyl (C=O) groups is 2. The maximum atomic E-state index is 12.6. The standard InChI is InChI=1S/C20H23N3O4S/c1-23(2)20(25)16-6-3-7-17(11-16)22-19(24)15-5-4-8-18(12-15)28(26,27)21-13-14-9-10-14/h3-8,11-12,14,21H,9-10,13H2,1-2H3,(H,22,24). The van der Waals surface area contributed by atoms with Gasteiger partial charge in [-0.15, -0.1) is 0 Å². The van der Waals surface area contributed by atoms with Crippen molar-refractivity contribution in [1.82, 2.24) is 9.62 Å². The summed E-state index contributed by atoms with van der Waals surface area (Å²) in [6, 6.07) is 12.5. The Kier molecular flexibility index (Phi) is 5.81. The number of nitrogens with zero attached hydrogens (tertiary/aromatic N) is 1. The normalized spacial score (nSPS) is 13.8. The first-order valence-electron chi connectivity index (χ1n) is 8.99. The average Bonchev–Trinajstić information content (AvgIpc) is 3.50. The van der Waals surface area contributed by atoms with Crippen LogP contribution in [-0.2, 0) is 10.0 Å². The fraction of sp³-hybridized carbons (Fsp3) is 0.300. The number of nitrogens with one attached hydrogen (secondary N) is 2. The minimum absolute atomic E-state index is 0.0531. The molecule has 148 valence electrons. The minimum atomic E-state index is -3.65. The van der Waals surface area contributed by atoms with E-state index in [0.29, 0.717) is 23.7 Å². The van der Waals surface area contributed by atoms with E-state index < -0.39 is 15.9 Å². The van der Waals surface area contributed by atoms with Gasteiger partial charge in [-0.3, -0.25) is 9.59 Å². The summed E-state index contributed by atoms with van der Waals surface area (Å²) in [5.41, 5.74) is 1.12. The molecule has 0 bridgehead atoms. The van der Waals surface area contributed by atoms with E-state index in [1.54, 1.807) is 44.4 Å². The van der Waals surface area contributed by atoms with Crippen molar-refractivity contribution in [3.63, 3.8) is 0 Å². The molecule has 28 heavy (non-hydrogen) atoms. The second-order valence-electron chi connectivity index (χ2n) is 7.06. The molecule has 0 aliphatic heterocycles. The number of amides is 2. The third-order valence-electron chi connectivity index (χ3n) is 4.44. The van der Waals surface area contributed by atoms with Crippen molar-refractivity contribution in [2.75, 3.05) is 26.0 Å². The molecule has 1 aliphatic rings. The van der Waals surface area contributed by atoms with Crippen molar-refractivity contribution in [2.45, 2.75) is 17.7 Å². The highest BCUT2D eigenvalue weighted by molar-refractivity contribution is 7.89. The summed E-state index contributed by atoms with van der Waals surface area (Å²) in [6.45, 7) is 0.422. The molecule has 0 heterocycles. The van der Waals surface area contributed by atoms with E-state index in [-0.39, 0.29) is 16.4 Å². The lowest BCUT2D eigenvalue weighted by Gasteiger charge is -2.12. The van der Waals surface area contributed by atoms with E-state index in [2.05, 4.69) is 10.0 Å². The zero-order valence-corrected chi connectivity index (χ0v) is 16.6. The summed E-state index contributed by atoms with van der Waals surface area (Å²) in [7, 11) is -0.353. The van der Waals surface area contributed by atoms with Crippen LogP contribution >= 0.6 is 0 Å². The number of benzene rings is 2. The van der Waals surface area contributed by atoms with Crippen LogP contribution in [-0.4, -0.2) is 45.8 Å². The molecule has 1 fully saturated rings. The van der Waals surface area contributed by atoms with Crippen LogP contribution in [0, 0.1) is 5.92 Å². The van der Waals surface area contributed by atoms with E-state index in [4.69, 9.17) is 0 Å². The third kappa shape index (κ3) is 4.96.